The van der Waals surface area contributed by atoms with Crippen LogP contribution in [0.4, 0.5) is 10.1 Å². The van der Waals surface area contributed by atoms with Gasteiger partial charge in [-0.3, -0.25) is 10.1 Å². The summed E-state index contributed by atoms with van der Waals surface area (Å²) in [6.45, 7) is 0. The lowest BCUT2D eigenvalue weighted by atomic mass is 10.1. The fourth-order valence-corrected chi connectivity index (χ4v) is 1.53. The number of aromatic nitrogens is 1. The molecule has 7 heteroatoms. The van der Waals surface area contributed by atoms with E-state index in [1.165, 1.54) is 30.5 Å². The SMILES string of the molecule is O=C(O)c1ccc(-c2ccc([N+](=O)[O-])cc2F)cn1. The van der Waals surface area contributed by atoms with E-state index in [-0.39, 0.29) is 16.9 Å². The van der Waals surface area contributed by atoms with E-state index in [4.69, 9.17) is 5.11 Å². The summed E-state index contributed by atoms with van der Waals surface area (Å²) < 4.78 is 13.7. The number of hydrogen-bond acceptors (Lipinski definition) is 4. The fraction of sp³-hybridized carbons (Fsp3) is 0. The van der Waals surface area contributed by atoms with Gasteiger partial charge < -0.3 is 5.11 Å². The molecule has 96 valence electrons. The maximum atomic E-state index is 13.7. The van der Waals surface area contributed by atoms with Crippen LogP contribution >= 0.6 is 0 Å². The average Bonchev–Trinajstić information content (AvgIpc) is 2.38. The van der Waals surface area contributed by atoms with Gasteiger partial charge in [0.05, 0.1) is 11.0 Å². The summed E-state index contributed by atoms with van der Waals surface area (Å²) in [6.07, 6.45) is 1.20. The van der Waals surface area contributed by atoms with E-state index in [9.17, 15) is 19.3 Å². The van der Waals surface area contributed by atoms with Crippen molar-refractivity contribution in [1.82, 2.24) is 4.98 Å². The van der Waals surface area contributed by atoms with Crippen LogP contribution in [0.15, 0.2) is 36.5 Å². The zero-order valence-electron chi connectivity index (χ0n) is 9.41. The Labute approximate surface area is 106 Å². The predicted molar refractivity (Wildman–Crippen MR) is 63.2 cm³/mol. The number of aromatic carboxylic acids is 1. The van der Waals surface area contributed by atoms with Crippen LogP contribution in [0.2, 0.25) is 0 Å². The Morgan fingerprint density at radius 1 is 1.32 bits per heavy atom. The van der Waals surface area contributed by atoms with Crippen LogP contribution in [0.3, 0.4) is 0 Å². The number of carboxylic acids is 1. The number of non-ortho nitro benzene ring substituents is 1. The third-order valence-corrected chi connectivity index (χ3v) is 2.46. The van der Waals surface area contributed by atoms with Crippen molar-refractivity contribution in [2.75, 3.05) is 0 Å². The third-order valence-electron chi connectivity index (χ3n) is 2.46. The Morgan fingerprint density at radius 2 is 2.05 bits per heavy atom. The quantitative estimate of drug-likeness (QED) is 0.677. The Kier molecular flexibility index (Phi) is 3.19. The van der Waals surface area contributed by atoms with Crippen molar-refractivity contribution in [2.45, 2.75) is 0 Å². The highest BCUT2D eigenvalue weighted by atomic mass is 19.1. The van der Waals surface area contributed by atoms with E-state index in [2.05, 4.69) is 4.98 Å². The van der Waals surface area contributed by atoms with Gasteiger partial charge in [0, 0.05) is 23.4 Å². The number of nitrogens with zero attached hydrogens (tertiary/aromatic N) is 2. The monoisotopic (exact) mass is 262 g/mol. The van der Waals surface area contributed by atoms with Gasteiger partial charge in [-0.2, -0.15) is 0 Å². The number of pyridine rings is 1. The molecule has 0 spiro atoms. The van der Waals surface area contributed by atoms with Crippen LogP contribution in [-0.2, 0) is 0 Å². The molecule has 19 heavy (non-hydrogen) atoms. The summed E-state index contributed by atoms with van der Waals surface area (Å²) in [4.78, 5) is 24.1. The van der Waals surface area contributed by atoms with Crippen molar-refractivity contribution in [3.05, 3.63) is 58.2 Å². The fourth-order valence-electron chi connectivity index (χ4n) is 1.53. The molecule has 0 saturated heterocycles. The smallest absolute Gasteiger partial charge is 0.354 e. The first kappa shape index (κ1) is 12.6. The molecule has 0 saturated carbocycles. The molecule has 0 unspecified atom stereocenters. The molecule has 0 aliphatic carbocycles. The van der Waals surface area contributed by atoms with E-state index in [1.807, 2.05) is 0 Å². The normalized spacial score (nSPS) is 10.2. The largest absolute Gasteiger partial charge is 0.477 e. The van der Waals surface area contributed by atoms with Crippen molar-refractivity contribution >= 4 is 11.7 Å². The average molecular weight is 262 g/mol. The Morgan fingerprint density at radius 3 is 2.53 bits per heavy atom. The van der Waals surface area contributed by atoms with Crippen LogP contribution in [0.25, 0.3) is 11.1 Å². The topological polar surface area (TPSA) is 93.3 Å². The summed E-state index contributed by atoms with van der Waals surface area (Å²) in [5, 5.41) is 19.2. The summed E-state index contributed by atoms with van der Waals surface area (Å²) in [6, 6.07) is 5.86. The van der Waals surface area contributed by atoms with Crippen LogP contribution in [0.1, 0.15) is 10.5 Å². The van der Waals surface area contributed by atoms with Crippen molar-refractivity contribution in [3.8, 4) is 11.1 Å². The van der Waals surface area contributed by atoms with E-state index < -0.39 is 16.7 Å². The zero-order valence-corrected chi connectivity index (χ0v) is 9.41. The van der Waals surface area contributed by atoms with E-state index in [0.717, 1.165) is 6.07 Å². The molecular formula is C12H7FN2O4. The lowest BCUT2D eigenvalue weighted by Gasteiger charge is -2.03. The van der Waals surface area contributed by atoms with E-state index >= 15 is 0 Å². The highest BCUT2D eigenvalue weighted by Gasteiger charge is 2.13. The number of benzene rings is 1. The molecule has 1 aromatic carbocycles. The molecule has 1 heterocycles. The van der Waals surface area contributed by atoms with Gasteiger partial charge in [-0.15, -0.1) is 0 Å². The molecule has 0 bridgehead atoms. The van der Waals surface area contributed by atoms with Crippen molar-refractivity contribution in [3.63, 3.8) is 0 Å². The lowest BCUT2D eigenvalue weighted by molar-refractivity contribution is -0.385. The van der Waals surface area contributed by atoms with Crippen molar-refractivity contribution < 1.29 is 19.2 Å². The van der Waals surface area contributed by atoms with Gasteiger partial charge in [0.15, 0.2) is 0 Å². The second-order valence-corrected chi connectivity index (χ2v) is 3.66. The Bertz CT molecular complexity index is 655. The van der Waals surface area contributed by atoms with E-state index in [1.54, 1.807) is 0 Å². The van der Waals surface area contributed by atoms with Gasteiger partial charge in [-0.25, -0.2) is 14.2 Å². The number of carbonyl (C=O) groups is 1. The van der Waals surface area contributed by atoms with Crippen LogP contribution < -0.4 is 0 Å². The molecule has 0 radical (unpaired) electrons. The molecule has 0 fully saturated rings. The number of nitro benzene ring substituents is 1. The molecule has 0 atom stereocenters. The van der Waals surface area contributed by atoms with Crippen LogP contribution in [0.5, 0.6) is 0 Å². The number of carboxylic acid groups (broad SMARTS) is 1. The van der Waals surface area contributed by atoms with Gasteiger partial charge >= 0.3 is 5.97 Å². The maximum absolute atomic E-state index is 13.7. The summed E-state index contributed by atoms with van der Waals surface area (Å²) in [5.41, 5.74) is -0.0464. The Hall–Kier alpha value is -2.83. The summed E-state index contributed by atoms with van der Waals surface area (Å²) >= 11 is 0. The summed E-state index contributed by atoms with van der Waals surface area (Å²) in [5.74, 6) is -1.95. The minimum absolute atomic E-state index is 0.120. The van der Waals surface area contributed by atoms with Gasteiger partial charge in [0.25, 0.3) is 5.69 Å². The molecule has 2 aromatic rings. The van der Waals surface area contributed by atoms with Crippen LogP contribution in [0, 0.1) is 15.9 Å². The van der Waals surface area contributed by atoms with Gasteiger partial charge in [0.2, 0.25) is 0 Å². The number of rotatable bonds is 3. The molecular weight excluding hydrogens is 255 g/mol. The molecule has 2 rings (SSSR count). The van der Waals surface area contributed by atoms with Gasteiger partial charge in [0.1, 0.15) is 11.5 Å². The highest BCUT2D eigenvalue weighted by molar-refractivity contribution is 5.85. The minimum atomic E-state index is -1.18. The van der Waals surface area contributed by atoms with Crippen molar-refractivity contribution in [2.24, 2.45) is 0 Å². The van der Waals surface area contributed by atoms with Gasteiger partial charge in [-0.05, 0) is 12.1 Å². The molecule has 0 amide bonds. The standard InChI is InChI=1S/C12H7FN2O4/c13-10-5-8(15(18)19)2-3-9(10)7-1-4-11(12(16)17)14-6-7/h1-6H,(H,16,17). The minimum Gasteiger partial charge on any atom is -0.477 e. The first-order chi connectivity index (χ1) is 8.99. The molecule has 6 nitrogen and oxygen atoms in total. The predicted octanol–water partition coefficient (Wildman–Crippen LogP) is 2.49. The second-order valence-electron chi connectivity index (χ2n) is 3.66. The second kappa shape index (κ2) is 4.81. The first-order valence-electron chi connectivity index (χ1n) is 5.12. The van der Waals surface area contributed by atoms with E-state index in [0.29, 0.717) is 5.56 Å². The highest BCUT2D eigenvalue weighted by Crippen LogP contribution is 2.25. The molecule has 1 N–H and O–H groups in total. The number of nitro groups is 1. The lowest BCUT2D eigenvalue weighted by Crippen LogP contribution is -1.99. The number of halogens is 1. The molecule has 0 aliphatic heterocycles. The van der Waals surface area contributed by atoms with Gasteiger partial charge in [-0.1, -0.05) is 6.07 Å². The first-order valence-corrected chi connectivity index (χ1v) is 5.12. The molecule has 1 aromatic heterocycles. The van der Waals surface area contributed by atoms with Crippen molar-refractivity contribution in [1.29, 1.82) is 0 Å². The van der Waals surface area contributed by atoms with Crippen LogP contribution in [-0.4, -0.2) is 21.0 Å². The molecule has 0 aliphatic rings. The third kappa shape index (κ3) is 2.54. The maximum Gasteiger partial charge on any atom is 0.354 e. The number of hydrogen-bond donors (Lipinski definition) is 1. The zero-order chi connectivity index (χ0) is 14.0. The Balaban J connectivity index is 2.41. The summed E-state index contributed by atoms with van der Waals surface area (Å²) in [7, 11) is 0.